The maximum atomic E-state index is 5.68. The average molecular weight is 241 g/mol. The van der Waals surface area contributed by atoms with Crippen LogP contribution in [0.2, 0.25) is 0 Å². The van der Waals surface area contributed by atoms with E-state index in [9.17, 15) is 0 Å². The van der Waals surface area contributed by atoms with Crippen LogP contribution in [0.1, 0.15) is 24.6 Å². The van der Waals surface area contributed by atoms with E-state index in [1.165, 1.54) is 6.42 Å². The number of aromatic nitrogens is 2. The fraction of sp³-hybridized carbons (Fsp3) is 0.286. The van der Waals surface area contributed by atoms with Gasteiger partial charge in [0.1, 0.15) is 5.75 Å². The Morgan fingerprint density at radius 1 is 1.17 bits per heavy atom. The van der Waals surface area contributed by atoms with Crippen molar-refractivity contribution in [3.8, 4) is 11.6 Å². The number of nitrogens with zero attached hydrogens (tertiary/aromatic N) is 2. The summed E-state index contributed by atoms with van der Waals surface area (Å²) in [6.07, 6.45) is 5.76. The van der Waals surface area contributed by atoms with E-state index in [0.717, 1.165) is 24.4 Å². The molecule has 0 bridgehead atoms. The van der Waals surface area contributed by atoms with Crippen LogP contribution in [0.3, 0.4) is 0 Å². The highest BCUT2D eigenvalue weighted by Gasteiger charge is 2.18. The Labute approximate surface area is 106 Å². The van der Waals surface area contributed by atoms with Crippen LogP contribution in [-0.4, -0.2) is 16.5 Å². The third-order valence-corrected chi connectivity index (χ3v) is 3.01. The molecule has 1 saturated heterocycles. The van der Waals surface area contributed by atoms with Gasteiger partial charge in [0.25, 0.3) is 0 Å². The Morgan fingerprint density at radius 3 is 2.83 bits per heavy atom. The third kappa shape index (κ3) is 2.49. The first-order valence-electron chi connectivity index (χ1n) is 6.20. The van der Waals surface area contributed by atoms with Crippen molar-refractivity contribution in [1.82, 2.24) is 15.3 Å². The molecule has 0 unspecified atom stereocenters. The molecule has 18 heavy (non-hydrogen) atoms. The van der Waals surface area contributed by atoms with E-state index in [4.69, 9.17) is 4.74 Å². The Bertz CT molecular complexity index is 509. The van der Waals surface area contributed by atoms with Crippen molar-refractivity contribution in [3.63, 3.8) is 0 Å². The van der Waals surface area contributed by atoms with E-state index in [-0.39, 0.29) is 0 Å². The van der Waals surface area contributed by atoms with Crippen molar-refractivity contribution in [1.29, 1.82) is 0 Å². The van der Waals surface area contributed by atoms with Crippen LogP contribution >= 0.6 is 0 Å². The van der Waals surface area contributed by atoms with Crippen molar-refractivity contribution in [2.45, 2.75) is 18.9 Å². The highest BCUT2D eigenvalue weighted by atomic mass is 16.5. The lowest BCUT2D eigenvalue weighted by Gasteiger charge is -2.10. The molecule has 92 valence electrons. The van der Waals surface area contributed by atoms with Gasteiger partial charge in [-0.2, -0.15) is 0 Å². The van der Waals surface area contributed by atoms with Gasteiger partial charge in [0.15, 0.2) is 0 Å². The van der Waals surface area contributed by atoms with Crippen molar-refractivity contribution in [2.75, 3.05) is 6.54 Å². The summed E-state index contributed by atoms with van der Waals surface area (Å²) in [5.41, 5.74) is 0.959. The van der Waals surface area contributed by atoms with Crippen LogP contribution in [0, 0.1) is 0 Å². The van der Waals surface area contributed by atoms with Crippen molar-refractivity contribution >= 4 is 0 Å². The van der Waals surface area contributed by atoms with Crippen LogP contribution in [0.4, 0.5) is 0 Å². The van der Waals surface area contributed by atoms with E-state index >= 15 is 0 Å². The monoisotopic (exact) mass is 241 g/mol. The minimum Gasteiger partial charge on any atom is -0.437 e. The van der Waals surface area contributed by atoms with E-state index < -0.39 is 0 Å². The molecule has 2 heterocycles. The molecule has 1 aliphatic heterocycles. The van der Waals surface area contributed by atoms with Gasteiger partial charge in [0.05, 0.1) is 24.1 Å². The van der Waals surface area contributed by atoms with Gasteiger partial charge in [0, 0.05) is 0 Å². The summed E-state index contributed by atoms with van der Waals surface area (Å²) in [5.74, 6) is 1.33. The molecule has 0 amide bonds. The molecule has 0 radical (unpaired) electrons. The van der Waals surface area contributed by atoms with Gasteiger partial charge in [-0.15, -0.1) is 0 Å². The standard InChI is InChI=1S/C14H15N3O/c1-2-5-11(6-3-1)18-14-10-15-9-13(17-14)12-7-4-8-16-12/h1-3,5-6,9-10,12,16H,4,7-8H2/t12-/m1/s1. The highest BCUT2D eigenvalue weighted by molar-refractivity contribution is 5.26. The molecule has 1 aliphatic rings. The summed E-state index contributed by atoms with van der Waals surface area (Å²) in [6, 6.07) is 9.95. The van der Waals surface area contributed by atoms with E-state index in [1.54, 1.807) is 12.4 Å². The second kappa shape index (κ2) is 5.14. The Hall–Kier alpha value is -1.94. The molecule has 4 heteroatoms. The van der Waals surface area contributed by atoms with Gasteiger partial charge in [0.2, 0.25) is 5.88 Å². The smallest absolute Gasteiger partial charge is 0.238 e. The summed E-state index contributed by atoms with van der Waals surface area (Å²) >= 11 is 0. The lowest BCUT2D eigenvalue weighted by molar-refractivity contribution is 0.453. The van der Waals surface area contributed by atoms with Crippen LogP contribution < -0.4 is 10.1 Å². The number of ether oxygens (including phenoxy) is 1. The largest absolute Gasteiger partial charge is 0.437 e. The van der Waals surface area contributed by atoms with Crippen molar-refractivity contribution < 1.29 is 4.74 Å². The summed E-state index contributed by atoms with van der Waals surface area (Å²) in [4.78, 5) is 8.70. The molecular weight excluding hydrogens is 226 g/mol. The first-order chi connectivity index (χ1) is 8.92. The zero-order chi connectivity index (χ0) is 12.2. The minimum atomic E-state index is 0.317. The van der Waals surface area contributed by atoms with Crippen LogP contribution in [-0.2, 0) is 0 Å². The van der Waals surface area contributed by atoms with Crippen molar-refractivity contribution in [3.05, 3.63) is 48.4 Å². The molecule has 3 rings (SSSR count). The fourth-order valence-electron chi connectivity index (χ4n) is 2.13. The lowest BCUT2D eigenvalue weighted by Crippen LogP contribution is -2.14. The molecule has 0 spiro atoms. The average Bonchev–Trinajstić information content (AvgIpc) is 2.94. The first kappa shape index (κ1) is 11.2. The predicted molar refractivity (Wildman–Crippen MR) is 68.5 cm³/mol. The van der Waals surface area contributed by atoms with Gasteiger partial charge in [-0.25, -0.2) is 4.98 Å². The number of nitrogens with one attached hydrogen (secondary N) is 1. The van der Waals surface area contributed by atoms with Crippen molar-refractivity contribution in [2.24, 2.45) is 0 Å². The highest BCUT2D eigenvalue weighted by Crippen LogP contribution is 2.24. The Morgan fingerprint density at radius 2 is 2.06 bits per heavy atom. The van der Waals surface area contributed by atoms with E-state index in [1.807, 2.05) is 30.3 Å². The second-order valence-electron chi connectivity index (χ2n) is 4.35. The normalized spacial score (nSPS) is 18.8. The van der Waals surface area contributed by atoms with Crippen LogP contribution in [0.15, 0.2) is 42.7 Å². The zero-order valence-electron chi connectivity index (χ0n) is 10.0. The summed E-state index contributed by atoms with van der Waals surface area (Å²) in [6.45, 7) is 1.05. The molecule has 1 aromatic carbocycles. The molecule has 2 aromatic rings. The molecular formula is C14H15N3O. The molecule has 1 fully saturated rings. The molecule has 1 aromatic heterocycles. The van der Waals surface area contributed by atoms with Gasteiger partial charge in [-0.05, 0) is 31.5 Å². The Balaban J connectivity index is 1.78. The number of benzene rings is 1. The molecule has 1 N–H and O–H groups in total. The SMILES string of the molecule is c1ccc(Oc2cncc([C@H]3CCCN3)n2)cc1. The third-order valence-electron chi connectivity index (χ3n) is 3.01. The summed E-state index contributed by atoms with van der Waals surface area (Å²) in [5, 5.41) is 3.41. The number of hydrogen-bond acceptors (Lipinski definition) is 4. The molecule has 4 nitrogen and oxygen atoms in total. The summed E-state index contributed by atoms with van der Waals surface area (Å²) < 4.78 is 5.68. The van der Waals surface area contributed by atoms with Crippen LogP contribution in [0.5, 0.6) is 11.6 Å². The molecule has 0 saturated carbocycles. The Kier molecular flexibility index (Phi) is 3.19. The topological polar surface area (TPSA) is 47.0 Å². The van der Waals surface area contributed by atoms with Gasteiger partial charge in [-0.1, -0.05) is 18.2 Å². The minimum absolute atomic E-state index is 0.317. The number of para-hydroxylation sites is 1. The van der Waals surface area contributed by atoms with Gasteiger partial charge in [-0.3, -0.25) is 4.98 Å². The zero-order valence-corrected chi connectivity index (χ0v) is 10.0. The second-order valence-corrected chi connectivity index (χ2v) is 4.35. The molecule has 0 aliphatic carbocycles. The quantitative estimate of drug-likeness (QED) is 0.897. The number of hydrogen-bond donors (Lipinski definition) is 1. The fourth-order valence-corrected chi connectivity index (χ4v) is 2.13. The van der Waals surface area contributed by atoms with Gasteiger partial charge >= 0.3 is 0 Å². The maximum Gasteiger partial charge on any atom is 0.238 e. The number of rotatable bonds is 3. The van der Waals surface area contributed by atoms with Gasteiger partial charge < -0.3 is 10.1 Å². The molecule has 1 atom stereocenters. The summed E-state index contributed by atoms with van der Waals surface area (Å²) in [7, 11) is 0. The maximum absolute atomic E-state index is 5.68. The van der Waals surface area contributed by atoms with Crippen LogP contribution in [0.25, 0.3) is 0 Å². The van der Waals surface area contributed by atoms with E-state index in [2.05, 4.69) is 15.3 Å². The first-order valence-corrected chi connectivity index (χ1v) is 6.20. The lowest BCUT2D eigenvalue weighted by atomic mass is 10.2. The predicted octanol–water partition coefficient (Wildman–Crippen LogP) is 2.69. The van der Waals surface area contributed by atoms with E-state index in [0.29, 0.717) is 11.9 Å².